The molecule has 3 heteroatoms. The van der Waals surface area contributed by atoms with Crippen LogP contribution in [0.4, 0.5) is 0 Å². The fourth-order valence-electron chi connectivity index (χ4n) is 1.60. The molecule has 0 spiro atoms. The molecule has 1 aromatic carbocycles. The average Bonchev–Trinajstić information content (AvgIpc) is 2.13. The summed E-state index contributed by atoms with van der Waals surface area (Å²) in [5, 5.41) is 0. The first-order chi connectivity index (χ1) is 6.12. The van der Waals surface area contributed by atoms with Gasteiger partial charge in [0, 0.05) is 6.42 Å². The highest BCUT2D eigenvalue weighted by Gasteiger charge is 2.38. The molecule has 0 aromatic heterocycles. The second-order valence-electron chi connectivity index (χ2n) is 3.15. The van der Waals surface area contributed by atoms with Gasteiger partial charge in [-0.3, -0.25) is 4.79 Å². The number of benzene rings is 1. The first-order valence-corrected chi connectivity index (χ1v) is 5.70. The van der Waals surface area contributed by atoms with Gasteiger partial charge < -0.3 is 0 Å². The molecule has 0 fully saturated rings. The number of carbonyl (C=O) groups excluding carboxylic acids is 1. The molecule has 0 amide bonds. The van der Waals surface area contributed by atoms with Crippen LogP contribution in [0.1, 0.15) is 17.5 Å². The van der Waals surface area contributed by atoms with Crippen LogP contribution >= 0.6 is 31.9 Å². The van der Waals surface area contributed by atoms with E-state index < -0.39 is 3.23 Å². The Morgan fingerprint density at radius 1 is 1.15 bits per heavy atom. The van der Waals surface area contributed by atoms with Gasteiger partial charge >= 0.3 is 0 Å². The Balaban J connectivity index is 2.59. The number of rotatable bonds is 0. The smallest absolute Gasteiger partial charge is 0.165 e. The van der Waals surface area contributed by atoms with Gasteiger partial charge in [0.05, 0.1) is 0 Å². The summed E-state index contributed by atoms with van der Waals surface area (Å²) >= 11 is 6.85. The van der Waals surface area contributed by atoms with Crippen molar-refractivity contribution in [1.29, 1.82) is 0 Å². The molecule has 0 N–H and O–H groups in total. The van der Waals surface area contributed by atoms with Gasteiger partial charge in [0.1, 0.15) is 0 Å². The van der Waals surface area contributed by atoms with Gasteiger partial charge in [-0.2, -0.15) is 0 Å². The van der Waals surface area contributed by atoms with E-state index >= 15 is 0 Å². The third kappa shape index (κ3) is 1.48. The minimum Gasteiger partial charge on any atom is -0.297 e. The highest BCUT2D eigenvalue weighted by atomic mass is 79.9. The van der Waals surface area contributed by atoms with Gasteiger partial charge in [-0.05, 0) is 17.5 Å². The molecule has 1 aliphatic rings. The Morgan fingerprint density at radius 2 is 1.85 bits per heavy atom. The third-order valence-electron chi connectivity index (χ3n) is 2.33. The monoisotopic (exact) mass is 302 g/mol. The molecular formula is C10H8Br2O. The van der Waals surface area contributed by atoms with Crippen LogP contribution in [0.15, 0.2) is 24.3 Å². The van der Waals surface area contributed by atoms with E-state index in [0.717, 1.165) is 12.0 Å². The molecule has 0 radical (unpaired) electrons. The van der Waals surface area contributed by atoms with Crippen LogP contribution in [-0.2, 0) is 14.4 Å². The zero-order chi connectivity index (χ0) is 9.47. The normalized spacial score (nSPS) is 19.7. The van der Waals surface area contributed by atoms with Crippen LogP contribution in [0.2, 0.25) is 0 Å². The number of Topliss-reactive ketones (excluding diaryl/α,β-unsaturated/α-hetero) is 1. The Morgan fingerprint density at radius 3 is 2.62 bits per heavy atom. The molecular weight excluding hydrogens is 296 g/mol. The Kier molecular flexibility index (Phi) is 2.32. The molecule has 0 saturated carbocycles. The van der Waals surface area contributed by atoms with E-state index in [4.69, 9.17) is 0 Å². The molecule has 13 heavy (non-hydrogen) atoms. The maximum absolute atomic E-state index is 11.6. The molecule has 0 saturated heterocycles. The predicted octanol–water partition coefficient (Wildman–Crippen LogP) is 3.14. The summed E-state index contributed by atoms with van der Waals surface area (Å²) in [7, 11) is 0. The number of ketones is 1. The molecule has 68 valence electrons. The summed E-state index contributed by atoms with van der Waals surface area (Å²) in [5.74, 6) is 0.200. The highest BCUT2D eigenvalue weighted by molar-refractivity contribution is 9.25. The molecule has 0 heterocycles. The summed E-state index contributed by atoms with van der Waals surface area (Å²) in [6.07, 6.45) is 1.46. The zero-order valence-corrected chi connectivity index (χ0v) is 10.1. The lowest BCUT2D eigenvalue weighted by atomic mass is 9.91. The lowest BCUT2D eigenvalue weighted by molar-refractivity contribution is -0.119. The molecule has 0 unspecified atom stereocenters. The number of fused-ring (bicyclic) bond motifs is 1. The van der Waals surface area contributed by atoms with Crippen molar-refractivity contribution in [2.75, 3.05) is 0 Å². The summed E-state index contributed by atoms with van der Waals surface area (Å²) in [5.41, 5.74) is 2.29. The van der Waals surface area contributed by atoms with E-state index in [1.165, 1.54) is 5.56 Å². The molecule has 0 atom stereocenters. The molecule has 2 rings (SSSR count). The van der Waals surface area contributed by atoms with Crippen LogP contribution < -0.4 is 0 Å². The van der Waals surface area contributed by atoms with E-state index in [2.05, 4.69) is 37.9 Å². The van der Waals surface area contributed by atoms with Gasteiger partial charge in [0.25, 0.3) is 0 Å². The first kappa shape index (κ1) is 9.41. The summed E-state index contributed by atoms with van der Waals surface area (Å²) in [6.45, 7) is 0. The summed E-state index contributed by atoms with van der Waals surface area (Å²) in [4.78, 5) is 11.6. The van der Waals surface area contributed by atoms with E-state index in [0.29, 0.717) is 6.42 Å². The fraction of sp³-hybridized carbons (Fsp3) is 0.300. The molecule has 1 aromatic rings. The minimum absolute atomic E-state index is 0.200. The molecule has 1 nitrogen and oxygen atoms in total. The van der Waals surface area contributed by atoms with Crippen LogP contribution in [0.3, 0.4) is 0 Å². The van der Waals surface area contributed by atoms with Gasteiger partial charge in [0.2, 0.25) is 0 Å². The Bertz CT molecular complexity index is 358. The van der Waals surface area contributed by atoms with Crippen LogP contribution in [0.5, 0.6) is 0 Å². The first-order valence-electron chi connectivity index (χ1n) is 4.12. The highest BCUT2D eigenvalue weighted by Crippen LogP contribution is 2.44. The molecule has 0 bridgehead atoms. The second-order valence-corrected chi connectivity index (χ2v) is 6.60. The van der Waals surface area contributed by atoms with Crippen molar-refractivity contribution in [3.8, 4) is 0 Å². The van der Waals surface area contributed by atoms with Crippen LogP contribution in [-0.4, -0.2) is 5.78 Å². The number of halogens is 2. The topological polar surface area (TPSA) is 17.1 Å². The van der Waals surface area contributed by atoms with Gasteiger partial charge in [-0.1, -0.05) is 56.1 Å². The Labute approximate surface area is 93.8 Å². The average molecular weight is 304 g/mol. The Hall–Kier alpha value is -0.150. The standard InChI is InChI=1S/C10H8Br2O/c11-10(12)8-4-2-1-3-7(8)5-6-9(10)13/h1-4H,5-6H2. The second kappa shape index (κ2) is 3.21. The lowest BCUT2D eigenvalue weighted by Gasteiger charge is -2.27. The SMILES string of the molecule is O=C1CCc2ccccc2C1(Br)Br. The maximum atomic E-state index is 11.6. The minimum atomic E-state index is -0.644. The van der Waals surface area contributed by atoms with E-state index in [1.807, 2.05) is 18.2 Å². The maximum Gasteiger partial charge on any atom is 0.165 e. The zero-order valence-electron chi connectivity index (χ0n) is 6.89. The van der Waals surface area contributed by atoms with Crippen molar-refractivity contribution in [2.45, 2.75) is 16.1 Å². The summed E-state index contributed by atoms with van der Waals surface area (Å²) in [6, 6.07) is 8.01. The number of carbonyl (C=O) groups is 1. The van der Waals surface area contributed by atoms with Crippen molar-refractivity contribution in [3.63, 3.8) is 0 Å². The van der Waals surface area contributed by atoms with E-state index in [9.17, 15) is 4.79 Å². The van der Waals surface area contributed by atoms with Crippen molar-refractivity contribution >= 4 is 37.6 Å². The number of hydrogen-bond acceptors (Lipinski definition) is 1. The quantitative estimate of drug-likeness (QED) is 0.673. The number of aryl methyl sites for hydroxylation is 1. The number of hydrogen-bond donors (Lipinski definition) is 0. The van der Waals surface area contributed by atoms with Crippen LogP contribution in [0.25, 0.3) is 0 Å². The van der Waals surface area contributed by atoms with Gasteiger partial charge in [-0.25, -0.2) is 0 Å². The largest absolute Gasteiger partial charge is 0.297 e. The van der Waals surface area contributed by atoms with Crippen molar-refractivity contribution in [1.82, 2.24) is 0 Å². The van der Waals surface area contributed by atoms with E-state index in [-0.39, 0.29) is 5.78 Å². The van der Waals surface area contributed by atoms with Gasteiger partial charge in [0.15, 0.2) is 9.02 Å². The lowest BCUT2D eigenvalue weighted by Crippen LogP contribution is -2.28. The van der Waals surface area contributed by atoms with E-state index in [1.54, 1.807) is 0 Å². The summed E-state index contributed by atoms with van der Waals surface area (Å²) < 4.78 is -0.644. The third-order valence-corrected chi connectivity index (χ3v) is 4.07. The molecule has 1 aliphatic carbocycles. The van der Waals surface area contributed by atoms with Crippen molar-refractivity contribution in [2.24, 2.45) is 0 Å². The molecule has 0 aliphatic heterocycles. The van der Waals surface area contributed by atoms with Crippen molar-refractivity contribution in [3.05, 3.63) is 35.4 Å². The van der Waals surface area contributed by atoms with Crippen molar-refractivity contribution < 1.29 is 4.79 Å². The fourth-order valence-corrected chi connectivity index (χ4v) is 2.77. The number of alkyl halides is 2. The predicted molar refractivity (Wildman–Crippen MR) is 59.3 cm³/mol. The van der Waals surface area contributed by atoms with Gasteiger partial charge in [-0.15, -0.1) is 0 Å². The van der Waals surface area contributed by atoms with Crippen LogP contribution in [0, 0.1) is 0 Å².